The van der Waals surface area contributed by atoms with Crippen LogP contribution in [-0.4, -0.2) is 0 Å². The molecule has 0 atom stereocenters. The first-order valence-electron chi connectivity index (χ1n) is 24.0. The van der Waals surface area contributed by atoms with Gasteiger partial charge in [-0.25, -0.2) is 0 Å². The summed E-state index contributed by atoms with van der Waals surface area (Å²) >= 11 is 0. The summed E-state index contributed by atoms with van der Waals surface area (Å²) in [6.45, 7) is 11.1. The molecule has 2 saturated carbocycles. The highest BCUT2D eigenvalue weighted by atomic mass is 16.5. The number of aryl methyl sites for hydroxylation is 4. The summed E-state index contributed by atoms with van der Waals surface area (Å²) in [5, 5.41) is 0. The number of benzene rings is 4. The van der Waals surface area contributed by atoms with Crippen LogP contribution in [0.15, 0.2) is 72.8 Å². The van der Waals surface area contributed by atoms with Crippen LogP contribution in [0.3, 0.4) is 0 Å². The largest absolute Gasteiger partial charge is 0.457 e. The van der Waals surface area contributed by atoms with E-state index in [0.717, 1.165) is 40.8 Å². The van der Waals surface area contributed by atoms with Crippen LogP contribution in [0.1, 0.15) is 182 Å². The minimum Gasteiger partial charge on any atom is -0.457 e. The van der Waals surface area contributed by atoms with Crippen molar-refractivity contribution in [2.75, 3.05) is 11.5 Å². The molecule has 0 radical (unpaired) electrons. The van der Waals surface area contributed by atoms with Crippen molar-refractivity contribution in [3.63, 3.8) is 0 Å². The van der Waals surface area contributed by atoms with E-state index in [0.29, 0.717) is 11.4 Å². The van der Waals surface area contributed by atoms with Crippen molar-refractivity contribution in [3.05, 3.63) is 106 Å². The molecule has 4 nitrogen and oxygen atoms in total. The van der Waals surface area contributed by atoms with Gasteiger partial charge in [0.2, 0.25) is 0 Å². The molecule has 0 aromatic heterocycles. The minimum atomic E-state index is -0.0710. The van der Waals surface area contributed by atoms with E-state index in [1.807, 2.05) is 48.5 Å². The van der Waals surface area contributed by atoms with Gasteiger partial charge in [0.1, 0.15) is 23.0 Å². The second-order valence-electron chi connectivity index (χ2n) is 19.0. The molecule has 4 N–H and O–H groups in total. The Morgan fingerprint density at radius 1 is 0.492 bits per heavy atom. The van der Waals surface area contributed by atoms with Crippen molar-refractivity contribution in [1.29, 1.82) is 0 Å². The molecule has 0 saturated heterocycles. The van der Waals surface area contributed by atoms with Crippen molar-refractivity contribution in [2.45, 2.75) is 181 Å². The van der Waals surface area contributed by atoms with Gasteiger partial charge in [-0.2, -0.15) is 0 Å². The van der Waals surface area contributed by atoms with Crippen molar-refractivity contribution in [1.82, 2.24) is 0 Å². The van der Waals surface area contributed by atoms with Gasteiger partial charge in [-0.15, -0.1) is 0 Å². The Morgan fingerprint density at radius 3 is 1.29 bits per heavy atom. The maximum atomic E-state index is 6.49. The lowest BCUT2D eigenvalue weighted by Gasteiger charge is -2.45. The maximum absolute atomic E-state index is 6.49. The third-order valence-corrected chi connectivity index (χ3v) is 14.3. The molecule has 6 rings (SSSR count). The Balaban J connectivity index is 1.07. The van der Waals surface area contributed by atoms with E-state index in [9.17, 15) is 0 Å². The molecule has 4 aromatic carbocycles. The van der Waals surface area contributed by atoms with E-state index in [4.69, 9.17) is 20.9 Å². The molecular weight excluding hydrogens is 721 g/mol. The van der Waals surface area contributed by atoms with Gasteiger partial charge >= 0.3 is 0 Å². The van der Waals surface area contributed by atoms with Crippen LogP contribution in [0.2, 0.25) is 0 Å². The average Bonchev–Trinajstić information content (AvgIpc) is 3.22. The molecule has 2 aliphatic rings. The van der Waals surface area contributed by atoms with Gasteiger partial charge < -0.3 is 20.9 Å². The van der Waals surface area contributed by atoms with E-state index in [1.54, 1.807) is 0 Å². The maximum Gasteiger partial charge on any atom is 0.133 e. The van der Waals surface area contributed by atoms with Gasteiger partial charge in [-0.3, -0.25) is 0 Å². The molecule has 0 aliphatic heterocycles. The number of rotatable bonds is 21. The molecule has 0 spiro atoms. The Kier molecular flexibility index (Phi) is 16.7. The van der Waals surface area contributed by atoms with Crippen LogP contribution in [0, 0.1) is 45.4 Å². The van der Waals surface area contributed by atoms with Crippen LogP contribution in [0.25, 0.3) is 0 Å². The Labute approximate surface area is 359 Å². The Bertz CT molecular complexity index is 1750. The van der Waals surface area contributed by atoms with Gasteiger partial charge in [0, 0.05) is 28.9 Å². The lowest BCUT2D eigenvalue weighted by atomic mass is 9.59. The highest BCUT2D eigenvalue weighted by Gasteiger charge is 2.42. The zero-order valence-corrected chi connectivity index (χ0v) is 37.7. The third-order valence-electron chi connectivity index (χ3n) is 14.3. The van der Waals surface area contributed by atoms with Gasteiger partial charge in [0.15, 0.2) is 0 Å². The fraction of sp³-hybridized carbons (Fsp3) is 0.564. The molecule has 4 heteroatoms. The number of anilines is 2. The zero-order chi connectivity index (χ0) is 41.6. The van der Waals surface area contributed by atoms with Crippen molar-refractivity contribution >= 4 is 11.4 Å². The fourth-order valence-corrected chi connectivity index (χ4v) is 10.9. The molecule has 2 aliphatic carbocycles. The molecular formula is C55H78N2O2. The number of ether oxygens (including phenoxy) is 2. The molecule has 59 heavy (non-hydrogen) atoms. The monoisotopic (exact) mass is 799 g/mol. The van der Waals surface area contributed by atoms with E-state index < -0.39 is 0 Å². The second-order valence-corrected chi connectivity index (χ2v) is 19.0. The molecule has 4 aromatic rings. The summed E-state index contributed by atoms with van der Waals surface area (Å²) in [4.78, 5) is 0. The van der Waals surface area contributed by atoms with E-state index >= 15 is 0 Å². The summed E-state index contributed by atoms with van der Waals surface area (Å²) in [5.41, 5.74) is 21.1. The first kappa shape index (κ1) is 44.6. The van der Waals surface area contributed by atoms with Gasteiger partial charge in [0.25, 0.3) is 0 Å². The lowest BCUT2D eigenvalue weighted by molar-refractivity contribution is 0.140. The van der Waals surface area contributed by atoms with Crippen LogP contribution < -0.4 is 20.9 Å². The molecule has 2 fully saturated rings. The van der Waals surface area contributed by atoms with E-state index in [1.165, 1.54) is 175 Å². The highest BCUT2D eigenvalue weighted by Crippen LogP contribution is 2.52. The minimum absolute atomic E-state index is 0.0710. The van der Waals surface area contributed by atoms with Crippen molar-refractivity contribution in [2.24, 2.45) is 17.8 Å². The van der Waals surface area contributed by atoms with E-state index in [-0.39, 0.29) is 5.41 Å². The summed E-state index contributed by atoms with van der Waals surface area (Å²) < 4.78 is 13.0. The number of nitrogens with two attached hydrogens (primary N) is 2. The van der Waals surface area contributed by atoms with Crippen molar-refractivity contribution in [3.8, 4) is 23.0 Å². The van der Waals surface area contributed by atoms with Gasteiger partial charge in [0.05, 0.1) is 0 Å². The first-order chi connectivity index (χ1) is 28.6. The number of hydrogen-bond donors (Lipinski definition) is 2. The number of hydrogen-bond acceptors (Lipinski definition) is 4. The van der Waals surface area contributed by atoms with E-state index in [2.05, 4.69) is 58.9 Å². The molecule has 0 unspecified atom stereocenters. The van der Waals surface area contributed by atoms with Crippen molar-refractivity contribution < 1.29 is 9.47 Å². The van der Waals surface area contributed by atoms with Gasteiger partial charge in [-0.05, 0) is 142 Å². The first-order valence-corrected chi connectivity index (χ1v) is 24.0. The summed E-state index contributed by atoms with van der Waals surface area (Å²) in [5.74, 6) is 6.07. The predicted molar refractivity (Wildman–Crippen MR) is 252 cm³/mol. The van der Waals surface area contributed by atoms with Crippen LogP contribution in [-0.2, 0) is 5.41 Å². The van der Waals surface area contributed by atoms with Gasteiger partial charge in [-0.1, -0.05) is 146 Å². The second kappa shape index (κ2) is 22.1. The standard InChI is InChI=1S/C55H78N2O2/c1-6-7-8-9-10-11-12-13-14-15-16-17-18-21-44-26-28-45(29-27-44)46-30-32-55(33-31-46,47-34-40(2)53(41(3)35-47)58-51-24-19-22-49(56)38-51)48-36-42(4)54(43(5)37-48)59-52-25-20-23-50(57)39-52/h19-20,22-25,34-39,44-46H,6-18,21,26-33,56-57H2,1-5H3/t44-,45-. The van der Waals surface area contributed by atoms with Crippen LogP contribution in [0.5, 0.6) is 23.0 Å². The normalized spacial score (nSPS) is 18.2. The Hall–Kier alpha value is -3.92. The Morgan fingerprint density at radius 2 is 0.881 bits per heavy atom. The smallest absolute Gasteiger partial charge is 0.133 e. The average molecular weight is 799 g/mol. The van der Waals surface area contributed by atoms with Crippen LogP contribution >= 0.6 is 0 Å². The topological polar surface area (TPSA) is 70.5 Å². The summed E-state index contributed by atoms with van der Waals surface area (Å²) in [7, 11) is 0. The SMILES string of the molecule is CCCCCCCCCCCCCCC[C@H]1CC[C@H](C2CCC(c3cc(C)c(Oc4cccc(N)c4)c(C)c3)(c3cc(C)c(Oc4cccc(N)c4)c(C)c3)CC2)CC1. The third kappa shape index (κ3) is 12.3. The quantitative estimate of drug-likeness (QED) is 0.0651. The predicted octanol–water partition coefficient (Wildman–Crippen LogP) is 16.4. The van der Waals surface area contributed by atoms with Crippen LogP contribution in [0.4, 0.5) is 11.4 Å². The molecule has 320 valence electrons. The summed E-state index contributed by atoms with van der Waals surface area (Å²) in [6.07, 6.45) is 30.9. The lowest BCUT2D eigenvalue weighted by Crippen LogP contribution is -2.36. The molecule has 0 bridgehead atoms. The number of unbranched alkanes of at least 4 members (excludes halogenated alkanes) is 12. The summed E-state index contributed by atoms with van der Waals surface area (Å²) in [6, 6.07) is 25.1. The highest BCUT2D eigenvalue weighted by molar-refractivity contribution is 5.55. The molecule has 0 heterocycles. The zero-order valence-electron chi connectivity index (χ0n) is 37.7. The fourth-order valence-electron chi connectivity index (χ4n) is 10.9. The molecule has 0 amide bonds. The number of nitrogen functional groups attached to an aromatic ring is 2.